The summed E-state index contributed by atoms with van der Waals surface area (Å²) in [5.41, 5.74) is 0.297. The number of carboxylic acids is 1. The van der Waals surface area contributed by atoms with Crippen molar-refractivity contribution in [3.8, 4) is 0 Å². The highest BCUT2D eigenvalue weighted by Crippen LogP contribution is 2.25. The van der Waals surface area contributed by atoms with Crippen LogP contribution < -0.4 is 5.32 Å². The molecule has 0 aromatic carbocycles. The van der Waals surface area contributed by atoms with Crippen molar-refractivity contribution >= 4 is 35.1 Å². The van der Waals surface area contributed by atoms with Gasteiger partial charge in [0, 0.05) is 13.1 Å². The minimum atomic E-state index is -0.957. The van der Waals surface area contributed by atoms with E-state index >= 15 is 0 Å². The average Bonchev–Trinajstić information content (AvgIpc) is 2.55. The summed E-state index contributed by atoms with van der Waals surface area (Å²) >= 11 is 11.7. The van der Waals surface area contributed by atoms with Crippen LogP contribution in [0.1, 0.15) is 30.8 Å². The second-order valence-corrected chi connectivity index (χ2v) is 5.41. The molecule has 1 heterocycles. The molecule has 0 saturated carbocycles. The number of halogens is 2. The Morgan fingerprint density at radius 1 is 1.42 bits per heavy atom. The summed E-state index contributed by atoms with van der Waals surface area (Å²) in [6, 6.07) is 1.01. The van der Waals surface area contributed by atoms with Gasteiger partial charge in [0.05, 0.1) is 11.4 Å². The lowest BCUT2D eigenvalue weighted by atomic mass is 10.0. The van der Waals surface area contributed by atoms with Crippen LogP contribution in [0.25, 0.3) is 0 Å². The maximum absolute atomic E-state index is 12.1. The molecule has 1 aromatic rings. The molecule has 0 aliphatic carbocycles. The van der Waals surface area contributed by atoms with E-state index in [-0.39, 0.29) is 22.5 Å². The van der Waals surface area contributed by atoms with Crippen molar-refractivity contribution in [1.82, 2.24) is 9.88 Å². The van der Waals surface area contributed by atoms with Crippen molar-refractivity contribution in [2.24, 2.45) is 13.0 Å². The average molecular weight is 307 g/mol. The summed E-state index contributed by atoms with van der Waals surface area (Å²) in [4.78, 5) is 22.8. The van der Waals surface area contributed by atoms with Crippen molar-refractivity contribution < 1.29 is 14.7 Å². The Bertz CT molecular complexity index is 497. The van der Waals surface area contributed by atoms with E-state index in [1.807, 2.05) is 13.8 Å². The first-order chi connectivity index (χ1) is 8.73. The van der Waals surface area contributed by atoms with Crippen LogP contribution in [0, 0.1) is 5.92 Å². The van der Waals surface area contributed by atoms with Crippen LogP contribution in [-0.2, 0) is 11.8 Å². The molecule has 1 amide bonds. The van der Waals surface area contributed by atoms with Crippen LogP contribution in [0.5, 0.6) is 0 Å². The molecular weight excluding hydrogens is 291 g/mol. The van der Waals surface area contributed by atoms with Gasteiger partial charge in [-0.15, -0.1) is 0 Å². The minimum Gasteiger partial charge on any atom is -0.481 e. The van der Waals surface area contributed by atoms with Gasteiger partial charge in [0.2, 0.25) is 0 Å². The number of aliphatic carboxylic acids is 1. The third-order valence-electron chi connectivity index (χ3n) is 2.86. The zero-order valence-electron chi connectivity index (χ0n) is 10.9. The van der Waals surface area contributed by atoms with Crippen LogP contribution in [0.15, 0.2) is 6.07 Å². The second kappa shape index (κ2) is 6.30. The second-order valence-electron chi connectivity index (χ2n) is 4.65. The summed E-state index contributed by atoms with van der Waals surface area (Å²) in [6.07, 6.45) is -0.130. The van der Waals surface area contributed by atoms with E-state index < -0.39 is 17.9 Å². The molecule has 19 heavy (non-hydrogen) atoms. The number of nitrogens with zero attached hydrogens (tertiary/aromatic N) is 1. The van der Waals surface area contributed by atoms with E-state index in [1.165, 1.54) is 10.6 Å². The summed E-state index contributed by atoms with van der Waals surface area (Å²) in [7, 11) is 1.62. The van der Waals surface area contributed by atoms with Crippen molar-refractivity contribution in [3.63, 3.8) is 0 Å². The standard InChI is InChI=1S/C12H16Cl2N2O3/c1-6(2)8(5-10(17)18)15-12(19)9-4-7(13)11(14)16(9)3/h4,6,8H,5H2,1-3H3,(H,15,19)(H,17,18). The number of rotatable bonds is 5. The molecule has 0 aliphatic rings. The molecule has 7 heteroatoms. The predicted octanol–water partition coefficient (Wildman–Crippen LogP) is 2.56. The highest BCUT2D eigenvalue weighted by molar-refractivity contribution is 6.41. The fourth-order valence-corrected chi connectivity index (χ4v) is 2.02. The van der Waals surface area contributed by atoms with E-state index in [4.69, 9.17) is 28.3 Å². The third-order valence-corrected chi connectivity index (χ3v) is 3.71. The minimum absolute atomic E-state index is 0.00580. The first-order valence-electron chi connectivity index (χ1n) is 5.77. The summed E-state index contributed by atoms with van der Waals surface area (Å²) in [5, 5.41) is 12.1. The zero-order chi connectivity index (χ0) is 14.7. The van der Waals surface area contributed by atoms with E-state index in [0.29, 0.717) is 5.69 Å². The van der Waals surface area contributed by atoms with E-state index in [0.717, 1.165) is 0 Å². The molecule has 0 bridgehead atoms. The third kappa shape index (κ3) is 3.88. The van der Waals surface area contributed by atoms with Gasteiger partial charge in [0.1, 0.15) is 10.8 Å². The van der Waals surface area contributed by atoms with Gasteiger partial charge in [-0.2, -0.15) is 0 Å². The van der Waals surface area contributed by atoms with Crippen LogP contribution in [-0.4, -0.2) is 27.6 Å². The van der Waals surface area contributed by atoms with Gasteiger partial charge in [0.25, 0.3) is 5.91 Å². The zero-order valence-corrected chi connectivity index (χ0v) is 12.4. The van der Waals surface area contributed by atoms with Crippen molar-refractivity contribution in [2.45, 2.75) is 26.3 Å². The molecule has 0 saturated heterocycles. The van der Waals surface area contributed by atoms with Gasteiger partial charge in [-0.25, -0.2) is 0 Å². The summed E-state index contributed by atoms with van der Waals surface area (Å²) < 4.78 is 1.46. The van der Waals surface area contributed by atoms with E-state index in [1.54, 1.807) is 7.05 Å². The number of hydrogen-bond donors (Lipinski definition) is 2. The van der Waals surface area contributed by atoms with Crippen molar-refractivity contribution in [1.29, 1.82) is 0 Å². The molecule has 106 valence electrons. The quantitative estimate of drug-likeness (QED) is 0.878. The van der Waals surface area contributed by atoms with Crippen LogP contribution in [0.2, 0.25) is 10.2 Å². The van der Waals surface area contributed by atoms with E-state index in [9.17, 15) is 9.59 Å². The maximum Gasteiger partial charge on any atom is 0.305 e. The Morgan fingerprint density at radius 2 is 2.00 bits per heavy atom. The van der Waals surface area contributed by atoms with Crippen molar-refractivity contribution in [2.75, 3.05) is 0 Å². The molecule has 0 spiro atoms. The fraction of sp³-hybridized carbons (Fsp3) is 0.500. The maximum atomic E-state index is 12.1. The molecule has 0 fully saturated rings. The molecule has 1 atom stereocenters. The number of carbonyl (C=O) groups excluding carboxylic acids is 1. The Balaban J connectivity index is 2.87. The predicted molar refractivity (Wildman–Crippen MR) is 73.8 cm³/mol. The molecule has 0 radical (unpaired) electrons. The van der Waals surface area contributed by atoms with Gasteiger partial charge in [-0.1, -0.05) is 37.0 Å². The van der Waals surface area contributed by atoms with Crippen molar-refractivity contribution in [3.05, 3.63) is 21.9 Å². The number of hydrogen-bond acceptors (Lipinski definition) is 2. The Hall–Kier alpha value is -1.20. The molecule has 0 aliphatic heterocycles. The summed E-state index contributed by atoms with van der Waals surface area (Å²) in [5.74, 6) is -1.34. The molecule has 5 nitrogen and oxygen atoms in total. The van der Waals surface area contributed by atoms with Gasteiger partial charge >= 0.3 is 5.97 Å². The first kappa shape index (κ1) is 15.9. The number of amides is 1. The molecule has 1 rings (SSSR count). The fourth-order valence-electron chi connectivity index (χ4n) is 1.64. The van der Waals surface area contributed by atoms with Gasteiger partial charge in [-0.3, -0.25) is 9.59 Å². The normalized spacial score (nSPS) is 12.5. The Kier molecular flexibility index (Phi) is 5.26. The Labute approximate surface area is 121 Å². The molecule has 1 unspecified atom stereocenters. The highest BCUT2D eigenvalue weighted by atomic mass is 35.5. The lowest BCUT2D eigenvalue weighted by Crippen LogP contribution is -2.40. The topological polar surface area (TPSA) is 71.3 Å². The number of nitrogens with one attached hydrogen (secondary N) is 1. The number of carboxylic acid groups (broad SMARTS) is 1. The lowest BCUT2D eigenvalue weighted by Gasteiger charge is -2.20. The Morgan fingerprint density at radius 3 is 2.37 bits per heavy atom. The number of aromatic nitrogens is 1. The number of carbonyl (C=O) groups is 2. The molecule has 1 aromatic heterocycles. The van der Waals surface area contributed by atoms with Gasteiger partial charge < -0.3 is 15.0 Å². The van der Waals surface area contributed by atoms with Gasteiger partial charge in [-0.05, 0) is 12.0 Å². The monoisotopic (exact) mass is 306 g/mol. The molecule has 2 N–H and O–H groups in total. The first-order valence-corrected chi connectivity index (χ1v) is 6.53. The summed E-state index contributed by atoms with van der Waals surface area (Å²) in [6.45, 7) is 3.69. The van der Waals surface area contributed by atoms with Crippen LogP contribution in [0.3, 0.4) is 0 Å². The van der Waals surface area contributed by atoms with E-state index in [2.05, 4.69) is 5.32 Å². The SMILES string of the molecule is CC(C)C(CC(=O)O)NC(=O)c1cc(Cl)c(Cl)n1C. The smallest absolute Gasteiger partial charge is 0.305 e. The van der Waals surface area contributed by atoms with Crippen LogP contribution >= 0.6 is 23.2 Å². The molecular formula is C12H16Cl2N2O3. The highest BCUT2D eigenvalue weighted by Gasteiger charge is 2.22. The lowest BCUT2D eigenvalue weighted by molar-refractivity contribution is -0.137. The largest absolute Gasteiger partial charge is 0.481 e. The van der Waals surface area contributed by atoms with Crippen LogP contribution in [0.4, 0.5) is 0 Å². The van der Waals surface area contributed by atoms with Gasteiger partial charge in [0.15, 0.2) is 0 Å².